The molecular formula is C21H24N2O3. The molecule has 1 atom stereocenters. The highest BCUT2D eigenvalue weighted by molar-refractivity contribution is 5.96. The second kappa shape index (κ2) is 8.63. The van der Waals surface area contributed by atoms with Crippen LogP contribution >= 0.6 is 0 Å². The van der Waals surface area contributed by atoms with Crippen molar-refractivity contribution in [2.24, 2.45) is 0 Å². The Kier molecular flexibility index (Phi) is 6.02. The first kappa shape index (κ1) is 18.1. The molecule has 26 heavy (non-hydrogen) atoms. The van der Waals surface area contributed by atoms with E-state index in [4.69, 9.17) is 4.74 Å². The summed E-state index contributed by atoms with van der Waals surface area (Å²) in [4.78, 5) is 25.8. The van der Waals surface area contributed by atoms with Crippen LogP contribution in [0.4, 0.5) is 10.5 Å². The van der Waals surface area contributed by atoms with Gasteiger partial charge >= 0.3 is 6.03 Å². The lowest BCUT2D eigenvalue weighted by Gasteiger charge is -2.33. The maximum Gasteiger partial charge on any atom is 0.322 e. The highest BCUT2D eigenvalue weighted by Gasteiger charge is 2.24. The van der Waals surface area contributed by atoms with Crippen molar-refractivity contribution in [1.29, 1.82) is 0 Å². The number of anilines is 1. The lowest BCUT2D eigenvalue weighted by molar-refractivity contribution is -0.0157. The third-order valence-corrected chi connectivity index (χ3v) is 4.54. The Morgan fingerprint density at radius 1 is 1.15 bits per heavy atom. The average Bonchev–Trinajstić information content (AvgIpc) is 2.67. The molecule has 1 N–H and O–H groups in total. The number of benzene rings is 2. The van der Waals surface area contributed by atoms with E-state index in [-0.39, 0.29) is 17.9 Å². The predicted octanol–water partition coefficient (Wildman–Crippen LogP) is 3.75. The first-order chi connectivity index (χ1) is 12.6. The predicted molar refractivity (Wildman–Crippen MR) is 102 cm³/mol. The molecule has 3 rings (SSSR count). The second-order valence-electron chi connectivity index (χ2n) is 6.53. The zero-order valence-corrected chi connectivity index (χ0v) is 15.0. The van der Waals surface area contributed by atoms with Crippen LogP contribution in [0.25, 0.3) is 0 Å². The number of amides is 2. The summed E-state index contributed by atoms with van der Waals surface area (Å²) in [5.41, 5.74) is 2.50. The van der Waals surface area contributed by atoms with Gasteiger partial charge in [0.05, 0.1) is 12.7 Å². The van der Waals surface area contributed by atoms with Crippen molar-refractivity contribution in [3.8, 4) is 0 Å². The highest BCUT2D eigenvalue weighted by Crippen LogP contribution is 2.16. The van der Waals surface area contributed by atoms with Crippen LogP contribution in [0, 0.1) is 0 Å². The molecule has 0 aromatic heterocycles. The summed E-state index contributed by atoms with van der Waals surface area (Å²) in [6.45, 7) is 3.20. The van der Waals surface area contributed by atoms with Crippen molar-refractivity contribution >= 4 is 17.5 Å². The molecule has 0 unspecified atom stereocenters. The minimum Gasteiger partial charge on any atom is -0.375 e. The van der Waals surface area contributed by atoms with Crippen LogP contribution in [-0.4, -0.2) is 42.5 Å². The van der Waals surface area contributed by atoms with Gasteiger partial charge in [-0.2, -0.15) is 0 Å². The lowest BCUT2D eigenvalue weighted by Crippen LogP contribution is -2.47. The minimum atomic E-state index is -0.154. The summed E-state index contributed by atoms with van der Waals surface area (Å²) < 4.78 is 5.81. The summed E-state index contributed by atoms with van der Waals surface area (Å²) >= 11 is 0. The topological polar surface area (TPSA) is 58.6 Å². The quantitative estimate of drug-likeness (QED) is 0.834. The number of ether oxygens (including phenoxy) is 1. The van der Waals surface area contributed by atoms with Crippen LogP contribution < -0.4 is 5.32 Å². The first-order valence-corrected chi connectivity index (χ1v) is 8.94. The third-order valence-electron chi connectivity index (χ3n) is 4.54. The molecule has 1 fully saturated rings. The Labute approximate surface area is 154 Å². The zero-order valence-electron chi connectivity index (χ0n) is 15.0. The molecule has 1 saturated heterocycles. The number of Topliss-reactive ketones (excluding diaryl/α,β-unsaturated/α-hetero) is 1. The number of ketones is 1. The first-order valence-electron chi connectivity index (χ1n) is 8.94. The van der Waals surface area contributed by atoms with Crippen molar-refractivity contribution in [1.82, 2.24) is 4.90 Å². The number of urea groups is 1. The van der Waals surface area contributed by atoms with Crippen molar-refractivity contribution in [3.05, 3.63) is 65.7 Å². The molecule has 1 aliphatic heterocycles. The Balaban J connectivity index is 1.54. The Hall–Kier alpha value is -2.66. The van der Waals surface area contributed by atoms with Gasteiger partial charge in [0.2, 0.25) is 0 Å². The number of rotatable bonds is 5. The lowest BCUT2D eigenvalue weighted by atomic mass is 10.1. The molecule has 0 aliphatic carbocycles. The summed E-state index contributed by atoms with van der Waals surface area (Å²) in [6, 6.07) is 17.1. The van der Waals surface area contributed by atoms with E-state index < -0.39 is 0 Å². The van der Waals surface area contributed by atoms with Gasteiger partial charge in [0.15, 0.2) is 5.78 Å². The summed E-state index contributed by atoms with van der Waals surface area (Å²) in [6.07, 6.45) is 1.85. The number of hydrogen-bond acceptors (Lipinski definition) is 3. The number of carbonyl (C=O) groups is 2. The van der Waals surface area contributed by atoms with Crippen molar-refractivity contribution in [3.63, 3.8) is 0 Å². The van der Waals surface area contributed by atoms with Gasteiger partial charge in [-0.3, -0.25) is 4.79 Å². The van der Waals surface area contributed by atoms with Gasteiger partial charge in [0.25, 0.3) is 0 Å². The van der Waals surface area contributed by atoms with Crippen LogP contribution in [0.15, 0.2) is 54.6 Å². The molecule has 0 saturated carbocycles. The van der Waals surface area contributed by atoms with E-state index in [9.17, 15) is 9.59 Å². The molecule has 136 valence electrons. The van der Waals surface area contributed by atoms with E-state index in [1.165, 1.54) is 12.5 Å². The fourth-order valence-corrected chi connectivity index (χ4v) is 3.07. The number of morpholine rings is 1. The maximum atomic E-state index is 12.5. The van der Waals surface area contributed by atoms with E-state index in [1.807, 2.05) is 18.2 Å². The van der Waals surface area contributed by atoms with Crippen molar-refractivity contribution in [2.75, 3.05) is 25.0 Å². The molecule has 2 aromatic rings. The number of hydrogen-bond donors (Lipinski definition) is 1. The van der Waals surface area contributed by atoms with Crippen molar-refractivity contribution in [2.45, 2.75) is 25.9 Å². The Morgan fingerprint density at radius 3 is 2.73 bits per heavy atom. The summed E-state index contributed by atoms with van der Waals surface area (Å²) in [5.74, 6) is -0.0200. The van der Waals surface area contributed by atoms with E-state index >= 15 is 0 Å². The van der Waals surface area contributed by atoms with Crippen LogP contribution in [0.1, 0.15) is 29.3 Å². The largest absolute Gasteiger partial charge is 0.375 e. The van der Waals surface area contributed by atoms with Gasteiger partial charge in [-0.25, -0.2) is 4.79 Å². The van der Waals surface area contributed by atoms with Gasteiger partial charge in [-0.05, 0) is 37.5 Å². The average molecular weight is 352 g/mol. The van der Waals surface area contributed by atoms with Crippen LogP contribution in [0.3, 0.4) is 0 Å². The summed E-state index contributed by atoms with van der Waals surface area (Å²) in [5, 5.41) is 2.88. The smallest absolute Gasteiger partial charge is 0.322 e. The third kappa shape index (κ3) is 4.92. The van der Waals surface area contributed by atoms with Gasteiger partial charge in [0, 0.05) is 24.3 Å². The van der Waals surface area contributed by atoms with Crippen LogP contribution in [-0.2, 0) is 11.2 Å². The maximum absolute atomic E-state index is 12.5. The van der Waals surface area contributed by atoms with E-state index in [1.54, 1.807) is 29.2 Å². The molecule has 1 heterocycles. The normalized spacial score (nSPS) is 17.0. The second-order valence-corrected chi connectivity index (χ2v) is 6.53. The van der Waals surface area contributed by atoms with Gasteiger partial charge in [-0.1, -0.05) is 42.5 Å². The Morgan fingerprint density at radius 2 is 1.96 bits per heavy atom. The summed E-state index contributed by atoms with van der Waals surface area (Å²) in [7, 11) is 0. The molecule has 0 bridgehead atoms. The molecule has 5 heteroatoms. The van der Waals surface area contributed by atoms with Gasteiger partial charge in [-0.15, -0.1) is 0 Å². The molecular weight excluding hydrogens is 328 g/mol. The van der Waals surface area contributed by atoms with E-state index in [2.05, 4.69) is 17.4 Å². The monoisotopic (exact) mass is 352 g/mol. The number of aryl methyl sites for hydroxylation is 1. The fraction of sp³-hybridized carbons (Fsp3) is 0.333. The van der Waals surface area contributed by atoms with E-state index in [0.717, 1.165) is 12.8 Å². The van der Waals surface area contributed by atoms with Gasteiger partial charge in [0.1, 0.15) is 0 Å². The molecule has 1 aliphatic rings. The SMILES string of the molecule is CC(=O)c1cccc(NC(=O)N2CCO[C@@H](CCc3ccccc3)C2)c1. The van der Waals surface area contributed by atoms with Gasteiger partial charge < -0.3 is 15.0 Å². The molecule has 5 nitrogen and oxygen atoms in total. The minimum absolute atomic E-state index is 0.0200. The van der Waals surface area contributed by atoms with Crippen molar-refractivity contribution < 1.29 is 14.3 Å². The number of carbonyl (C=O) groups excluding carboxylic acids is 2. The molecule has 0 spiro atoms. The van der Waals surface area contributed by atoms with Crippen LogP contribution in [0.2, 0.25) is 0 Å². The molecule has 2 aromatic carbocycles. The standard InChI is InChI=1S/C21H24N2O3/c1-16(24)18-8-5-9-19(14-18)22-21(25)23-12-13-26-20(15-23)11-10-17-6-3-2-4-7-17/h2-9,14,20H,10-13,15H2,1H3,(H,22,25)/t20-/m0/s1. The number of nitrogens with zero attached hydrogens (tertiary/aromatic N) is 1. The molecule has 0 radical (unpaired) electrons. The highest BCUT2D eigenvalue weighted by atomic mass is 16.5. The number of nitrogens with one attached hydrogen (secondary N) is 1. The Bertz CT molecular complexity index is 761. The fourth-order valence-electron chi connectivity index (χ4n) is 3.07. The van der Waals surface area contributed by atoms with E-state index in [0.29, 0.717) is 30.9 Å². The molecule has 2 amide bonds. The van der Waals surface area contributed by atoms with Crippen LogP contribution in [0.5, 0.6) is 0 Å². The zero-order chi connectivity index (χ0) is 18.4.